The molecule has 0 saturated carbocycles. The molecule has 2 N–H and O–H groups in total. The Morgan fingerprint density at radius 3 is 2.64 bits per heavy atom. The van der Waals surface area contributed by atoms with Crippen LogP contribution in [-0.2, 0) is 4.74 Å². The number of anilines is 3. The first-order chi connectivity index (χ1) is 20.4. The fourth-order valence-electron chi connectivity index (χ4n) is 5.37. The van der Waals surface area contributed by atoms with E-state index in [0.717, 1.165) is 56.5 Å². The molecule has 1 atom stereocenters. The number of alkyl halides is 2. The zero-order chi connectivity index (χ0) is 29.1. The van der Waals surface area contributed by atoms with Crippen LogP contribution in [0.2, 0.25) is 0 Å². The molecule has 0 amide bonds. The summed E-state index contributed by atoms with van der Waals surface area (Å²) in [4.78, 5) is 17.8. The molecule has 0 spiro atoms. The number of halogens is 2. The fraction of sp³-hybridized carbons (Fsp3) is 0.448. The van der Waals surface area contributed by atoms with Crippen molar-refractivity contribution in [3.05, 3.63) is 48.3 Å². The molecule has 3 aliphatic heterocycles. The van der Waals surface area contributed by atoms with Gasteiger partial charge >= 0.3 is 0 Å². The van der Waals surface area contributed by atoms with E-state index in [1.54, 1.807) is 13.2 Å². The Morgan fingerprint density at radius 2 is 1.93 bits per heavy atom. The standard InChI is InChI=1S/C29H32F2N8O3/c1-40-25-13-21(3-4-23(25)39-10-8-38(9-11-39)22-15-41-16-22)36-28-35-18-34-27(37-28)19-2-5-24(20(12-19)14-32)42-26-6-7-33-17-29(26,30)31/h2-5,12-13,18,22,26,33H,6-11,15-17H2,1H3,(H,34,35,36,37). The molecule has 0 radical (unpaired) electrons. The first-order valence-electron chi connectivity index (χ1n) is 13.9. The van der Waals surface area contributed by atoms with E-state index in [2.05, 4.69) is 35.4 Å². The quantitative estimate of drug-likeness (QED) is 0.410. The molecule has 1 aromatic heterocycles. The van der Waals surface area contributed by atoms with Gasteiger partial charge in [-0.1, -0.05) is 0 Å². The number of hydrogen-bond donors (Lipinski definition) is 2. The van der Waals surface area contributed by atoms with E-state index in [1.165, 1.54) is 18.5 Å². The molecular formula is C29H32F2N8O3. The van der Waals surface area contributed by atoms with Gasteiger partial charge < -0.3 is 29.7 Å². The van der Waals surface area contributed by atoms with Crippen LogP contribution in [0.3, 0.4) is 0 Å². The van der Waals surface area contributed by atoms with Gasteiger partial charge in [-0.05, 0) is 36.9 Å². The van der Waals surface area contributed by atoms with Crippen molar-refractivity contribution in [2.45, 2.75) is 24.5 Å². The zero-order valence-electron chi connectivity index (χ0n) is 23.2. The highest BCUT2D eigenvalue weighted by Crippen LogP contribution is 2.34. The van der Waals surface area contributed by atoms with Crippen molar-refractivity contribution in [3.8, 4) is 29.0 Å². The summed E-state index contributed by atoms with van der Waals surface area (Å²) in [6.45, 7) is 5.38. The average Bonchev–Trinajstić information content (AvgIpc) is 2.98. The maximum Gasteiger partial charge on any atom is 0.296 e. The van der Waals surface area contributed by atoms with Crippen molar-refractivity contribution in [1.29, 1.82) is 5.26 Å². The predicted octanol–water partition coefficient (Wildman–Crippen LogP) is 3.06. The van der Waals surface area contributed by atoms with Gasteiger partial charge in [0.15, 0.2) is 11.9 Å². The molecule has 13 heteroatoms. The number of piperidine rings is 1. The predicted molar refractivity (Wildman–Crippen MR) is 151 cm³/mol. The van der Waals surface area contributed by atoms with E-state index in [0.29, 0.717) is 29.9 Å². The molecule has 3 aliphatic rings. The van der Waals surface area contributed by atoms with E-state index in [9.17, 15) is 14.0 Å². The molecule has 2 aromatic carbocycles. The Hall–Kier alpha value is -4.12. The molecule has 0 bridgehead atoms. The van der Waals surface area contributed by atoms with Gasteiger partial charge in [-0.15, -0.1) is 0 Å². The molecule has 1 unspecified atom stereocenters. The van der Waals surface area contributed by atoms with Gasteiger partial charge in [0.2, 0.25) is 5.95 Å². The van der Waals surface area contributed by atoms with Gasteiger partial charge in [-0.25, -0.2) is 18.7 Å². The van der Waals surface area contributed by atoms with Gasteiger partial charge in [-0.3, -0.25) is 4.90 Å². The number of nitriles is 1. The Balaban J connectivity index is 1.15. The lowest BCUT2D eigenvalue weighted by Crippen LogP contribution is -2.56. The highest BCUT2D eigenvalue weighted by molar-refractivity contribution is 5.68. The van der Waals surface area contributed by atoms with Crippen LogP contribution in [0.1, 0.15) is 12.0 Å². The van der Waals surface area contributed by atoms with Crippen molar-refractivity contribution < 1.29 is 23.0 Å². The second-order valence-electron chi connectivity index (χ2n) is 10.5. The SMILES string of the molecule is COc1cc(Nc2ncnc(-c3ccc(OC4CCNCC4(F)F)c(C#N)c3)n2)ccc1N1CCN(C2COC2)CC1. The van der Waals surface area contributed by atoms with E-state index in [4.69, 9.17) is 14.2 Å². The number of nitrogens with zero attached hydrogens (tertiary/aromatic N) is 6. The average molecular weight is 579 g/mol. The van der Waals surface area contributed by atoms with Gasteiger partial charge in [0.1, 0.15) is 23.9 Å². The van der Waals surface area contributed by atoms with Crippen LogP contribution in [0.5, 0.6) is 11.5 Å². The second kappa shape index (κ2) is 12.0. The summed E-state index contributed by atoms with van der Waals surface area (Å²) in [5.41, 5.74) is 2.42. The minimum atomic E-state index is -3.03. The van der Waals surface area contributed by atoms with Gasteiger partial charge in [0.25, 0.3) is 5.92 Å². The number of rotatable bonds is 8. The number of piperazine rings is 1. The lowest BCUT2D eigenvalue weighted by molar-refractivity contribution is -0.109. The molecule has 0 aliphatic carbocycles. The number of aromatic nitrogens is 3. The van der Waals surface area contributed by atoms with Crippen molar-refractivity contribution in [1.82, 2.24) is 25.2 Å². The lowest BCUT2D eigenvalue weighted by atomic mass is 10.0. The highest BCUT2D eigenvalue weighted by atomic mass is 19.3. The van der Waals surface area contributed by atoms with Crippen LogP contribution < -0.4 is 25.0 Å². The molecule has 3 fully saturated rings. The second-order valence-corrected chi connectivity index (χ2v) is 10.5. The third-order valence-electron chi connectivity index (χ3n) is 7.84. The Bertz CT molecular complexity index is 1460. The first-order valence-corrected chi connectivity index (χ1v) is 13.9. The lowest BCUT2D eigenvalue weighted by Gasteiger charge is -2.43. The maximum atomic E-state index is 14.3. The van der Waals surface area contributed by atoms with Crippen molar-refractivity contribution in [2.75, 3.05) is 69.8 Å². The molecule has 4 heterocycles. The Kier molecular flexibility index (Phi) is 8.01. The summed E-state index contributed by atoms with van der Waals surface area (Å²) in [6.07, 6.45) is 0.204. The monoisotopic (exact) mass is 578 g/mol. The number of hydrogen-bond acceptors (Lipinski definition) is 11. The summed E-state index contributed by atoms with van der Waals surface area (Å²) in [7, 11) is 1.65. The van der Waals surface area contributed by atoms with Crippen molar-refractivity contribution >= 4 is 17.3 Å². The number of ether oxygens (including phenoxy) is 3. The van der Waals surface area contributed by atoms with E-state index >= 15 is 0 Å². The summed E-state index contributed by atoms with van der Waals surface area (Å²) in [6, 6.07) is 13.1. The van der Waals surface area contributed by atoms with Crippen LogP contribution in [-0.4, -0.2) is 97.5 Å². The minimum Gasteiger partial charge on any atom is -0.495 e. The molecule has 6 rings (SSSR count). The summed E-state index contributed by atoms with van der Waals surface area (Å²) < 4.78 is 45.2. The van der Waals surface area contributed by atoms with E-state index in [1.807, 2.05) is 24.3 Å². The van der Waals surface area contributed by atoms with Crippen LogP contribution in [0.25, 0.3) is 11.4 Å². The minimum absolute atomic E-state index is 0.103. The molecular weight excluding hydrogens is 546 g/mol. The highest BCUT2D eigenvalue weighted by Gasteiger charge is 2.43. The molecule has 3 aromatic rings. The number of benzene rings is 2. The van der Waals surface area contributed by atoms with Crippen LogP contribution in [0, 0.1) is 11.3 Å². The maximum absolute atomic E-state index is 14.3. The first kappa shape index (κ1) is 28.0. The zero-order valence-corrected chi connectivity index (χ0v) is 23.2. The topological polar surface area (TPSA) is 121 Å². The largest absolute Gasteiger partial charge is 0.495 e. The van der Waals surface area contributed by atoms with E-state index in [-0.39, 0.29) is 17.7 Å². The van der Waals surface area contributed by atoms with Crippen molar-refractivity contribution in [2.24, 2.45) is 0 Å². The van der Waals surface area contributed by atoms with Crippen LogP contribution in [0.4, 0.5) is 26.1 Å². The van der Waals surface area contributed by atoms with Gasteiger partial charge in [0.05, 0.1) is 44.2 Å². The van der Waals surface area contributed by atoms with Crippen LogP contribution >= 0.6 is 0 Å². The summed E-state index contributed by atoms with van der Waals surface area (Å²) in [5.74, 6) is -1.56. The molecule has 3 saturated heterocycles. The molecule has 11 nitrogen and oxygen atoms in total. The third-order valence-corrected chi connectivity index (χ3v) is 7.84. The summed E-state index contributed by atoms with van der Waals surface area (Å²) in [5, 5.41) is 15.6. The molecule has 220 valence electrons. The van der Waals surface area contributed by atoms with Gasteiger partial charge in [0, 0.05) is 49.9 Å². The third kappa shape index (κ3) is 5.92. The number of methoxy groups -OCH3 is 1. The molecule has 42 heavy (non-hydrogen) atoms. The Morgan fingerprint density at radius 1 is 1.10 bits per heavy atom. The fourth-order valence-corrected chi connectivity index (χ4v) is 5.37. The summed E-state index contributed by atoms with van der Waals surface area (Å²) >= 11 is 0. The van der Waals surface area contributed by atoms with Crippen molar-refractivity contribution in [3.63, 3.8) is 0 Å². The van der Waals surface area contributed by atoms with Crippen LogP contribution in [0.15, 0.2) is 42.7 Å². The van der Waals surface area contributed by atoms with E-state index < -0.39 is 18.6 Å². The number of nitrogens with one attached hydrogen (secondary N) is 2. The Labute approximate surface area is 242 Å². The van der Waals surface area contributed by atoms with Gasteiger partial charge in [-0.2, -0.15) is 10.2 Å². The smallest absolute Gasteiger partial charge is 0.296 e. The normalized spacial score (nSPS) is 20.8.